The molecule has 0 aromatic carbocycles. The van der Waals surface area contributed by atoms with E-state index in [2.05, 4.69) is 0 Å². The molecule has 0 aromatic heterocycles. The lowest BCUT2D eigenvalue weighted by atomic mass is 10.4. The van der Waals surface area contributed by atoms with Gasteiger partial charge < -0.3 is 9.47 Å². The molecule has 0 saturated carbocycles. The largest absolute Gasteiger partial charge is 0.463 e. The van der Waals surface area contributed by atoms with Crippen molar-refractivity contribution < 1.29 is 14.3 Å². The van der Waals surface area contributed by atoms with Crippen molar-refractivity contribution >= 4 is 5.97 Å². The lowest BCUT2D eigenvalue weighted by Gasteiger charge is -1.98. The molecule has 0 aromatic rings. The predicted octanol–water partition coefficient (Wildman–Crippen LogP) is 0.895. The van der Waals surface area contributed by atoms with Crippen molar-refractivity contribution in [3.8, 4) is 0 Å². The van der Waals surface area contributed by atoms with Crippen molar-refractivity contribution in [2.45, 2.75) is 19.4 Å². The Balaban J connectivity index is 2.00. The van der Waals surface area contributed by atoms with Crippen LogP contribution in [0.1, 0.15) is 13.3 Å². The Morgan fingerprint density at radius 1 is 1.82 bits per heavy atom. The quantitative estimate of drug-likeness (QED) is 0.345. The van der Waals surface area contributed by atoms with Crippen LogP contribution in [0.4, 0.5) is 0 Å². The third-order valence-corrected chi connectivity index (χ3v) is 1.35. The maximum absolute atomic E-state index is 10.8. The standard InChI is InChI=1S/C8H12O3/c1-2-3-4-8(9)11-6-7-5-10-7/h2-3,7H,4-6H2,1H3. The van der Waals surface area contributed by atoms with Crippen molar-refractivity contribution in [2.75, 3.05) is 13.2 Å². The van der Waals surface area contributed by atoms with E-state index in [-0.39, 0.29) is 12.1 Å². The molecule has 3 heteroatoms. The average molecular weight is 156 g/mol. The van der Waals surface area contributed by atoms with Gasteiger partial charge in [0.2, 0.25) is 0 Å². The van der Waals surface area contributed by atoms with E-state index in [1.54, 1.807) is 6.08 Å². The number of carbonyl (C=O) groups is 1. The average Bonchev–Trinajstić information content (AvgIpc) is 2.80. The van der Waals surface area contributed by atoms with E-state index >= 15 is 0 Å². The molecule has 11 heavy (non-hydrogen) atoms. The zero-order valence-corrected chi connectivity index (χ0v) is 6.58. The summed E-state index contributed by atoms with van der Waals surface area (Å²) in [5, 5.41) is 0. The molecule has 1 fully saturated rings. The Morgan fingerprint density at radius 2 is 2.55 bits per heavy atom. The summed E-state index contributed by atoms with van der Waals surface area (Å²) < 4.78 is 9.72. The number of esters is 1. The highest BCUT2D eigenvalue weighted by molar-refractivity contribution is 5.71. The summed E-state index contributed by atoms with van der Waals surface area (Å²) in [6, 6.07) is 0. The number of carbonyl (C=O) groups excluding carboxylic acids is 1. The van der Waals surface area contributed by atoms with E-state index in [4.69, 9.17) is 9.47 Å². The summed E-state index contributed by atoms with van der Waals surface area (Å²) in [6.07, 6.45) is 4.14. The maximum atomic E-state index is 10.8. The molecule has 0 aliphatic carbocycles. The summed E-state index contributed by atoms with van der Waals surface area (Å²) in [5.41, 5.74) is 0. The number of ether oxygens (including phenoxy) is 2. The van der Waals surface area contributed by atoms with Crippen LogP contribution < -0.4 is 0 Å². The van der Waals surface area contributed by atoms with Crippen molar-refractivity contribution in [3.63, 3.8) is 0 Å². The Kier molecular flexibility index (Phi) is 3.11. The second-order valence-electron chi connectivity index (χ2n) is 2.41. The van der Waals surface area contributed by atoms with E-state index in [1.807, 2.05) is 13.0 Å². The Bertz CT molecular complexity index is 159. The van der Waals surface area contributed by atoms with Gasteiger partial charge in [0.25, 0.3) is 0 Å². The van der Waals surface area contributed by atoms with Gasteiger partial charge in [-0.25, -0.2) is 0 Å². The van der Waals surface area contributed by atoms with E-state index in [0.29, 0.717) is 13.0 Å². The molecule has 3 nitrogen and oxygen atoms in total. The molecule has 62 valence electrons. The first-order chi connectivity index (χ1) is 5.33. The highest BCUT2D eigenvalue weighted by atomic mass is 16.6. The number of hydrogen-bond acceptors (Lipinski definition) is 3. The Hall–Kier alpha value is -0.830. The van der Waals surface area contributed by atoms with Crippen molar-refractivity contribution in [2.24, 2.45) is 0 Å². The summed E-state index contributed by atoms with van der Waals surface area (Å²) in [7, 11) is 0. The summed E-state index contributed by atoms with van der Waals surface area (Å²) in [6.45, 7) is 3.02. The third-order valence-electron chi connectivity index (χ3n) is 1.35. The summed E-state index contributed by atoms with van der Waals surface area (Å²) >= 11 is 0. The molecule has 0 spiro atoms. The van der Waals surface area contributed by atoms with Gasteiger partial charge in [0.05, 0.1) is 13.0 Å². The lowest BCUT2D eigenvalue weighted by molar-refractivity contribution is -0.143. The van der Waals surface area contributed by atoms with Crippen molar-refractivity contribution in [1.82, 2.24) is 0 Å². The van der Waals surface area contributed by atoms with Crippen LogP contribution in [-0.4, -0.2) is 25.3 Å². The van der Waals surface area contributed by atoms with Gasteiger partial charge in [-0.15, -0.1) is 0 Å². The summed E-state index contributed by atoms with van der Waals surface area (Å²) in [4.78, 5) is 10.8. The zero-order valence-electron chi connectivity index (χ0n) is 6.58. The SMILES string of the molecule is CC=CCC(=O)OCC1CO1. The second-order valence-corrected chi connectivity index (χ2v) is 2.41. The predicted molar refractivity (Wildman–Crippen MR) is 40.1 cm³/mol. The number of rotatable bonds is 4. The van der Waals surface area contributed by atoms with E-state index in [1.165, 1.54) is 0 Å². The normalized spacial score (nSPS) is 22.1. The topological polar surface area (TPSA) is 38.8 Å². The molecule has 1 heterocycles. The number of epoxide rings is 1. The highest BCUT2D eigenvalue weighted by Crippen LogP contribution is 2.08. The second kappa shape index (κ2) is 4.13. The molecule has 1 aliphatic heterocycles. The van der Waals surface area contributed by atoms with Crippen LogP contribution in [-0.2, 0) is 14.3 Å². The minimum atomic E-state index is -0.182. The molecule has 1 aliphatic rings. The molecular weight excluding hydrogens is 144 g/mol. The van der Waals surface area contributed by atoms with Crippen LogP contribution in [0.2, 0.25) is 0 Å². The van der Waals surface area contributed by atoms with Gasteiger partial charge in [-0.2, -0.15) is 0 Å². The van der Waals surface area contributed by atoms with Crippen LogP contribution in [0.25, 0.3) is 0 Å². The minimum Gasteiger partial charge on any atom is -0.463 e. The van der Waals surface area contributed by atoms with Crippen molar-refractivity contribution in [3.05, 3.63) is 12.2 Å². The van der Waals surface area contributed by atoms with Gasteiger partial charge in [0.1, 0.15) is 12.7 Å². The maximum Gasteiger partial charge on any atom is 0.309 e. The molecule has 0 amide bonds. The fraction of sp³-hybridized carbons (Fsp3) is 0.625. The van der Waals surface area contributed by atoms with Crippen LogP contribution in [0.15, 0.2) is 12.2 Å². The van der Waals surface area contributed by atoms with E-state index in [0.717, 1.165) is 6.61 Å². The molecule has 1 unspecified atom stereocenters. The number of hydrogen-bond donors (Lipinski definition) is 0. The first kappa shape index (κ1) is 8.27. The molecular formula is C8H12O3. The van der Waals surface area contributed by atoms with Crippen molar-refractivity contribution in [1.29, 1.82) is 0 Å². The van der Waals surface area contributed by atoms with Crippen LogP contribution in [0.5, 0.6) is 0 Å². The van der Waals surface area contributed by atoms with Gasteiger partial charge in [-0.05, 0) is 6.92 Å². The lowest BCUT2D eigenvalue weighted by Crippen LogP contribution is -2.08. The van der Waals surface area contributed by atoms with Gasteiger partial charge in [-0.1, -0.05) is 12.2 Å². The molecule has 0 radical (unpaired) electrons. The first-order valence-corrected chi connectivity index (χ1v) is 3.71. The van der Waals surface area contributed by atoms with Gasteiger partial charge in [0.15, 0.2) is 0 Å². The Morgan fingerprint density at radius 3 is 3.09 bits per heavy atom. The van der Waals surface area contributed by atoms with Gasteiger partial charge >= 0.3 is 5.97 Å². The third kappa shape index (κ3) is 3.78. The molecule has 1 atom stereocenters. The zero-order chi connectivity index (χ0) is 8.10. The monoisotopic (exact) mass is 156 g/mol. The molecule has 0 bridgehead atoms. The van der Waals surface area contributed by atoms with Crippen LogP contribution in [0, 0.1) is 0 Å². The fourth-order valence-corrected chi connectivity index (χ4v) is 0.623. The van der Waals surface area contributed by atoms with Crippen LogP contribution >= 0.6 is 0 Å². The van der Waals surface area contributed by atoms with E-state index in [9.17, 15) is 4.79 Å². The minimum absolute atomic E-state index is 0.171. The molecule has 0 N–H and O–H groups in total. The summed E-state index contributed by atoms with van der Waals surface area (Å²) in [5.74, 6) is -0.182. The first-order valence-electron chi connectivity index (χ1n) is 3.71. The van der Waals surface area contributed by atoms with Crippen LogP contribution in [0.3, 0.4) is 0 Å². The molecule has 1 saturated heterocycles. The van der Waals surface area contributed by atoms with E-state index < -0.39 is 0 Å². The fourth-order valence-electron chi connectivity index (χ4n) is 0.623. The smallest absolute Gasteiger partial charge is 0.309 e. The molecule has 1 rings (SSSR count). The van der Waals surface area contributed by atoms with Gasteiger partial charge in [0, 0.05) is 0 Å². The number of allylic oxidation sites excluding steroid dienone is 1. The van der Waals surface area contributed by atoms with Gasteiger partial charge in [-0.3, -0.25) is 4.79 Å². The Labute approximate surface area is 66.0 Å². The highest BCUT2D eigenvalue weighted by Gasteiger charge is 2.23.